The Labute approximate surface area is 152 Å². The maximum atomic E-state index is 5.37. The van der Waals surface area contributed by atoms with Gasteiger partial charge in [0.05, 0.1) is 24.0 Å². The van der Waals surface area contributed by atoms with E-state index >= 15 is 0 Å². The second-order valence-electron chi connectivity index (χ2n) is 6.92. The Morgan fingerprint density at radius 3 is 2.73 bits per heavy atom. The van der Waals surface area contributed by atoms with Crippen LogP contribution >= 0.6 is 0 Å². The highest BCUT2D eigenvalue weighted by Crippen LogP contribution is 2.38. The van der Waals surface area contributed by atoms with Gasteiger partial charge in [0.15, 0.2) is 0 Å². The number of rotatable bonds is 7. The van der Waals surface area contributed by atoms with E-state index in [9.17, 15) is 0 Å². The SMILES string of the molecule is CCNc1nc2c(NOC)cc(-c3c(C)noc3C)cc2n1CC1CC1. The minimum atomic E-state index is 0.742. The quantitative estimate of drug-likeness (QED) is 0.621. The van der Waals surface area contributed by atoms with E-state index in [0.29, 0.717) is 0 Å². The number of nitrogens with one attached hydrogen (secondary N) is 2. The molecule has 0 unspecified atom stereocenters. The molecule has 1 saturated carbocycles. The summed E-state index contributed by atoms with van der Waals surface area (Å²) in [4.78, 5) is 10.1. The molecule has 7 nitrogen and oxygen atoms in total. The number of hydrogen-bond donors (Lipinski definition) is 2. The molecule has 0 atom stereocenters. The van der Waals surface area contributed by atoms with E-state index in [1.807, 2.05) is 19.9 Å². The van der Waals surface area contributed by atoms with Gasteiger partial charge in [-0.15, -0.1) is 0 Å². The number of benzene rings is 1. The number of nitrogens with zero attached hydrogens (tertiary/aromatic N) is 3. The van der Waals surface area contributed by atoms with Crippen LogP contribution in [0.15, 0.2) is 16.7 Å². The number of hydrogen-bond acceptors (Lipinski definition) is 6. The van der Waals surface area contributed by atoms with E-state index in [4.69, 9.17) is 14.3 Å². The van der Waals surface area contributed by atoms with Gasteiger partial charge in [-0.25, -0.2) is 4.98 Å². The maximum absolute atomic E-state index is 5.37. The highest BCUT2D eigenvalue weighted by molar-refractivity contribution is 5.95. The van der Waals surface area contributed by atoms with Crippen molar-refractivity contribution in [2.24, 2.45) is 5.92 Å². The van der Waals surface area contributed by atoms with E-state index < -0.39 is 0 Å². The molecule has 2 aromatic heterocycles. The first-order valence-electron chi connectivity index (χ1n) is 9.12. The number of fused-ring (bicyclic) bond motifs is 1. The van der Waals surface area contributed by atoms with Crippen LogP contribution in [0, 0.1) is 19.8 Å². The summed E-state index contributed by atoms with van der Waals surface area (Å²) in [7, 11) is 1.61. The van der Waals surface area contributed by atoms with Gasteiger partial charge in [-0.3, -0.25) is 10.3 Å². The molecule has 1 aliphatic rings. The van der Waals surface area contributed by atoms with Crippen molar-refractivity contribution in [2.45, 2.75) is 40.2 Å². The van der Waals surface area contributed by atoms with Gasteiger partial charge in [-0.05, 0) is 57.2 Å². The van der Waals surface area contributed by atoms with Crippen LogP contribution in [0.25, 0.3) is 22.2 Å². The first-order valence-corrected chi connectivity index (χ1v) is 9.12. The molecule has 7 heteroatoms. The predicted molar refractivity (Wildman–Crippen MR) is 102 cm³/mol. The molecular weight excluding hydrogens is 330 g/mol. The summed E-state index contributed by atoms with van der Waals surface area (Å²) in [5.41, 5.74) is 8.77. The predicted octanol–water partition coefficient (Wildman–Crippen LogP) is 4.12. The molecule has 0 bridgehead atoms. The minimum absolute atomic E-state index is 0.742. The van der Waals surface area contributed by atoms with Crippen LogP contribution < -0.4 is 10.8 Å². The van der Waals surface area contributed by atoms with Crippen molar-refractivity contribution in [2.75, 3.05) is 24.5 Å². The van der Waals surface area contributed by atoms with E-state index in [1.54, 1.807) is 7.11 Å². The molecule has 138 valence electrons. The molecule has 0 amide bonds. The van der Waals surface area contributed by atoms with Crippen molar-refractivity contribution in [3.8, 4) is 11.1 Å². The first-order chi connectivity index (χ1) is 12.6. The normalized spacial score (nSPS) is 14.2. The van der Waals surface area contributed by atoms with Crippen molar-refractivity contribution < 1.29 is 9.36 Å². The van der Waals surface area contributed by atoms with Crippen LogP contribution in [0.4, 0.5) is 11.6 Å². The number of aromatic nitrogens is 3. The molecular formula is C19H25N5O2. The average molecular weight is 355 g/mol. The third-order valence-corrected chi connectivity index (χ3v) is 4.86. The lowest BCUT2D eigenvalue weighted by Gasteiger charge is -2.11. The van der Waals surface area contributed by atoms with Gasteiger partial charge in [0, 0.05) is 18.7 Å². The summed E-state index contributed by atoms with van der Waals surface area (Å²) in [6.07, 6.45) is 2.58. The van der Waals surface area contributed by atoms with Gasteiger partial charge in [-0.1, -0.05) is 5.16 Å². The van der Waals surface area contributed by atoms with Crippen LogP contribution in [0.2, 0.25) is 0 Å². The zero-order valence-corrected chi connectivity index (χ0v) is 15.7. The Balaban J connectivity index is 1.94. The standard InChI is InChI=1S/C19H25N5O2/c1-5-20-19-21-18-15(23-25-4)8-14(17-11(2)22-26-12(17)3)9-16(18)24(19)10-13-6-7-13/h8-9,13,23H,5-7,10H2,1-4H3,(H,20,21). The van der Waals surface area contributed by atoms with Crippen molar-refractivity contribution in [3.63, 3.8) is 0 Å². The van der Waals surface area contributed by atoms with Gasteiger partial charge < -0.3 is 14.4 Å². The third kappa shape index (κ3) is 2.92. The van der Waals surface area contributed by atoms with Crippen molar-refractivity contribution >= 4 is 22.7 Å². The topological polar surface area (TPSA) is 77.1 Å². The number of imidazole rings is 1. The van der Waals surface area contributed by atoms with Gasteiger partial charge in [0.2, 0.25) is 5.95 Å². The molecule has 2 heterocycles. The Hall–Kier alpha value is -2.54. The first kappa shape index (κ1) is 16.9. The van der Waals surface area contributed by atoms with Crippen LogP contribution in [-0.2, 0) is 11.4 Å². The molecule has 4 rings (SSSR count). The summed E-state index contributed by atoms with van der Waals surface area (Å²) in [5, 5.41) is 7.50. The van der Waals surface area contributed by atoms with Crippen molar-refractivity contribution in [3.05, 3.63) is 23.6 Å². The van der Waals surface area contributed by atoms with Crippen LogP contribution in [-0.4, -0.2) is 28.4 Å². The molecule has 1 aromatic carbocycles. The monoisotopic (exact) mass is 355 g/mol. The number of aryl methyl sites for hydroxylation is 2. The molecule has 26 heavy (non-hydrogen) atoms. The Morgan fingerprint density at radius 2 is 2.12 bits per heavy atom. The molecule has 1 fully saturated rings. The summed E-state index contributed by atoms with van der Waals surface area (Å²) in [6, 6.07) is 4.22. The van der Waals surface area contributed by atoms with Gasteiger partial charge in [0.1, 0.15) is 11.3 Å². The molecule has 0 saturated heterocycles. The molecule has 0 spiro atoms. The fraction of sp³-hybridized carbons (Fsp3) is 0.474. The second-order valence-corrected chi connectivity index (χ2v) is 6.92. The largest absolute Gasteiger partial charge is 0.361 e. The Morgan fingerprint density at radius 1 is 1.31 bits per heavy atom. The van der Waals surface area contributed by atoms with Crippen LogP contribution in [0.3, 0.4) is 0 Å². The summed E-state index contributed by atoms with van der Waals surface area (Å²) >= 11 is 0. The highest BCUT2D eigenvalue weighted by Gasteiger charge is 2.25. The lowest BCUT2D eigenvalue weighted by Crippen LogP contribution is -2.08. The lowest BCUT2D eigenvalue weighted by atomic mass is 10.0. The van der Waals surface area contributed by atoms with Crippen LogP contribution in [0.5, 0.6) is 0 Å². The average Bonchev–Trinajstić information content (AvgIpc) is 3.29. The smallest absolute Gasteiger partial charge is 0.203 e. The molecule has 0 aliphatic heterocycles. The summed E-state index contributed by atoms with van der Waals surface area (Å²) in [6.45, 7) is 7.80. The lowest BCUT2D eigenvalue weighted by molar-refractivity contribution is 0.271. The second kappa shape index (κ2) is 6.64. The Kier molecular flexibility index (Phi) is 4.32. The van der Waals surface area contributed by atoms with Crippen LogP contribution in [0.1, 0.15) is 31.2 Å². The Bertz CT molecular complexity index is 920. The van der Waals surface area contributed by atoms with Gasteiger partial charge in [-0.2, -0.15) is 0 Å². The van der Waals surface area contributed by atoms with E-state index in [0.717, 1.165) is 64.3 Å². The fourth-order valence-electron chi connectivity index (χ4n) is 3.49. The van der Waals surface area contributed by atoms with Gasteiger partial charge >= 0.3 is 0 Å². The summed E-state index contributed by atoms with van der Waals surface area (Å²) in [5.74, 6) is 2.46. The maximum Gasteiger partial charge on any atom is 0.203 e. The van der Waals surface area contributed by atoms with E-state index in [2.05, 4.69) is 33.5 Å². The van der Waals surface area contributed by atoms with Crippen molar-refractivity contribution in [1.82, 2.24) is 14.7 Å². The van der Waals surface area contributed by atoms with Crippen molar-refractivity contribution in [1.29, 1.82) is 0 Å². The molecule has 2 N–H and O–H groups in total. The minimum Gasteiger partial charge on any atom is -0.361 e. The summed E-state index contributed by atoms with van der Waals surface area (Å²) < 4.78 is 7.66. The van der Waals surface area contributed by atoms with E-state index in [-0.39, 0.29) is 0 Å². The fourth-order valence-corrected chi connectivity index (χ4v) is 3.49. The third-order valence-electron chi connectivity index (χ3n) is 4.86. The molecule has 1 aliphatic carbocycles. The van der Waals surface area contributed by atoms with Gasteiger partial charge in [0.25, 0.3) is 0 Å². The molecule has 3 aromatic rings. The highest BCUT2D eigenvalue weighted by atomic mass is 16.6. The molecule has 0 radical (unpaired) electrons. The van der Waals surface area contributed by atoms with E-state index in [1.165, 1.54) is 12.8 Å². The zero-order valence-electron chi connectivity index (χ0n) is 15.7. The zero-order chi connectivity index (χ0) is 18.3. The number of anilines is 2.